The molecule has 1 aliphatic heterocycles. The molecule has 9 heteroatoms. The van der Waals surface area contributed by atoms with Crippen molar-refractivity contribution in [3.8, 4) is 16.9 Å². The van der Waals surface area contributed by atoms with E-state index in [0.717, 1.165) is 22.3 Å². The lowest BCUT2D eigenvalue weighted by Crippen LogP contribution is -2.56. The number of hydrogen-bond acceptors (Lipinski definition) is 8. The van der Waals surface area contributed by atoms with Crippen molar-refractivity contribution in [2.45, 2.75) is 30.5 Å². The van der Waals surface area contributed by atoms with Gasteiger partial charge in [-0.05, 0) is 46.5 Å². The molecule has 0 fully saturated rings. The molecule has 46 heavy (non-hydrogen) atoms. The fourth-order valence-electron chi connectivity index (χ4n) is 5.16. The van der Waals surface area contributed by atoms with Crippen LogP contribution in [-0.4, -0.2) is 65.1 Å². The Morgan fingerprint density at radius 3 is 2.13 bits per heavy atom. The predicted octanol–water partition coefficient (Wildman–Crippen LogP) is 4.45. The molecule has 238 valence electrons. The van der Waals surface area contributed by atoms with Crippen LogP contribution in [0, 0.1) is 0 Å². The van der Waals surface area contributed by atoms with Crippen molar-refractivity contribution in [2.24, 2.45) is 4.99 Å². The van der Waals surface area contributed by atoms with Gasteiger partial charge in [-0.15, -0.1) is 0 Å². The summed E-state index contributed by atoms with van der Waals surface area (Å²) in [7, 11) is 0. The summed E-state index contributed by atoms with van der Waals surface area (Å²) >= 11 is 0. The Morgan fingerprint density at radius 2 is 1.48 bits per heavy atom. The first-order valence-electron chi connectivity index (χ1n) is 15.3. The summed E-state index contributed by atoms with van der Waals surface area (Å²) < 4.78 is 12.3. The summed E-state index contributed by atoms with van der Waals surface area (Å²) in [6.45, 7) is -0.313. The van der Waals surface area contributed by atoms with Gasteiger partial charge in [-0.25, -0.2) is 10.4 Å². The number of aliphatic hydroxyl groups excluding tert-OH is 3. The van der Waals surface area contributed by atoms with E-state index in [2.05, 4.69) is 10.9 Å². The number of carbonyl (C=O) groups is 1. The van der Waals surface area contributed by atoms with Crippen LogP contribution in [0.5, 0.6) is 5.75 Å². The molecular formula is C37H39N3O6. The molecule has 2 atom stereocenters. The molecule has 0 spiro atoms. The summed E-state index contributed by atoms with van der Waals surface area (Å²) in [5, 5.41) is 28.3. The highest BCUT2D eigenvalue weighted by molar-refractivity contribution is 6.01. The highest BCUT2D eigenvalue weighted by Gasteiger charge is 2.52. The van der Waals surface area contributed by atoms with Crippen molar-refractivity contribution in [1.29, 1.82) is 0 Å². The number of aliphatic hydroxyl groups is 3. The maximum absolute atomic E-state index is 14.2. The summed E-state index contributed by atoms with van der Waals surface area (Å²) in [6.07, 6.45) is 3.75. The highest BCUT2D eigenvalue weighted by atomic mass is 16.5. The SMILES string of the molecule is O=C(NNC(CO)CO)[C@@]1(C/C=C/c2ccccc2)N=C(c2ccc(OCCCO)cc2)O[C@H]1c1ccc(-c2ccccc2)cc1. The summed E-state index contributed by atoms with van der Waals surface area (Å²) in [4.78, 5) is 19.2. The van der Waals surface area contributed by atoms with E-state index in [0.29, 0.717) is 30.2 Å². The molecule has 0 saturated carbocycles. The number of rotatable bonds is 15. The van der Waals surface area contributed by atoms with Crippen LogP contribution in [0.3, 0.4) is 0 Å². The van der Waals surface area contributed by atoms with Gasteiger partial charge in [0.15, 0.2) is 11.6 Å². The Balaban J connectivity index is 1.53. The van der Waals surface area contributed by atoms with Crippen LogP contribution in [0.15, 0.2) is 120 Å². The Labute approximate surface area is 268 Å². The number of nitrogens with zero attached hydrogens (tertiary/aromatic N) is 1. The molecule has 0 radical (unpaired) electrons. The van der Waals surface area contributed by atoms with E-state index in [1.54, 1.807) is 12.1 Å². The lowest BCUT2D eigenvalue weighted by molar-refractivity contribution is -0.130. The molecule has 1 aliphatic rings. The zero-order valence-corrected chi connectivity index (χ0v) is 25.5. The van der Waals surface area contributed by atoms with Crippen LogP contribution in [0.2, 0.25) is 0 Å². The molecule has 9 nitrogen and oxygen atoms in total. The minimum absolute atomic E-state index is 0.0471. The van der Waals surface area contributed by atoms with Crippen LogP contribution in [0.25, 0.3) is 17.2 Å². The molecule has 1 heterocycles. The Bertz CT molecular complexity index is 1590. The Morgan fingerprint density at radius 1 is 0.848 bits per heavy atom. The van der Waals surface area contributed by atoms with Crippen LogP contribution in [-0.2, 0) is 9.53 Å². The van der Waals surface area contributed by atoms with Gasteiger partial charge >= 0.3 is 0 Å². The molecule has 0 unspecified atom stereocenters. The van der Waals surface area contributed by atoms with Crippen LogP contribution < -0.4 is 15.6 Å². The quantitative estimate of drug-likeness (QED) is 0.0979. The zero-order chi connectivity index (χ0) is 32.2. The first-order valence-corrected chi connectivity index (χ1v) is 15.3. The van der Waals surface area contributed by atoms with Crippen molar-refractivity contribution in [1.82, 2.24) is 10.9 Å². The molecule has 5 N–H and O–H groups in total. The number of hydrogen-bond donors (Lipinski definition) is 5. The molecular weight excluding hydrogens is 582 g/mol. The van der Waals surface area contributed by atoms with E-state index in [-0.39, 0.29) is 26.2 Å². The van der Waals surface area contributed by atoms with Gasteiger partial charge in [-0.2, -0.15) is 0 Å². The smallest absolute Gasteiger partial charge is 0.266 e. The molecule has 1 amide bonds. The average molecular weight is 622 g/mol. The van der Waals surface area contributed by atoms with E-state index in [1.807, 2.05) is 109 Å². The van der Waals surface area contributed by atoms with E-state index in [1.165, 1.54) is 0 Å². The highest BCUT2D eigenvalue weighted by Crippen LogP contribution is 2.43. The van der Waals surface area contributed by atoms with Crippen molar-refractivity contribution in [3.63, 3.8) is 0 Å². The largest absolute Gasteiger partial charge is 0.494 e. The fraction of sp³-hybridized carbons (Fsp3) is 0.243. The van der Waals surface area contributed by atoms with E-state index in [4.69, 9.17) is 19.6 Å². The second-order valence-corrected chi connectivity index (χ2v) is 11.0. The van der Waals surface area contributed by atoms with Gasteiger partial charge in [0.05, 0.1) is 25.9 Å². The average Bonchev–Trinajstić information content (AvgIpc) is 3.50. The molecule has 4 aromatic rings. The van der Waals surface area contributed by atoms with Crippen molar-refractivity contribution in [3.05, 3.63) is 132 Å². The standard InChI is InChI=1S/C37H39N3O6/c41-23-8-24-45-33-20-18-31(19-21-33)35-38-37(36(44)40-39-32(25-42)26-43,22-7-11-27-9-3-1-4-10-27)34(46-35)30-16-14-29(15-17-30)28-12-5-2-6-13-28/h1-7,9-21,32,34,39,41-43H,8,22-26H2,(H,40,44)/b11-7+/t34-,37-/m0/s1. The van der Waals surface area contributed by atoms with Gasteiger partial charge in [0.2, 0.25) is 5.90 Å². The van der Waals surface area contributed by atoms with Gasteiger partial charge < -0.3 is 24.8 Å². The molecule has 0 saturated heterocycles. The van der Waals surface area contributed by atoms with Crippen molar-refractivity contribution >= 4 is 17.9 Å². The topological polar surface area (TPSA) is 133 Å². The number of nitrogens with one attached hydrogen (secondary N) is 2. The Hall–Kier alpha value is -4.80. The van der Waals surface area contributed by atoms with Gasteiger partial charge in [0, 0.05) is 25.0 Å². The van der Waals surface area contributed by atoms with Gasteiger partial charge in [0.25, 0.3) is 5.91 Å². The molecule has 4 aromatic carbocycles. The second kappa shape index (κ2) is 16.0. The number of amides is 1. The zero-order valence-electron chi connectivity index (χ0n) is 25.5. The minimum atomic E-state index is -1.45. The van der Waals surface area contributed by atoms with Crippen LogP contribution in [0.1, 0.15) is 35.6 Å². The first kappa shape index (κ1) is 32.6. The summed E-state index contributed by atoms with van der Waals surface area (Å²) in [5.41, 5.74) is 8.46. The van der Waals surface area contributed by atoms with E-state index in [9.17, 15) is 15.0 Å². The normalized spacial score (nSPS) is 17.6. The maximum atomic E-state index is 14.2. The van der Waals surface area contributed by atoms with Crippen LogP contribution in [0.4, 0.5) is 0 Å². The number of carbonyl (C=O) groups excluding carboxylic acids is 1. The lowest BCUT2D eigenvalue weighted by atomic mass is 9.84. The second-order valence-electron chi connectivity index (χ2n) is 11.0. The fourth-order valence-corrected chi connectivity index (χ4v) is 5.16. The van der Waals surface area contributed by atoms with Gasteiger partial charge in [-0.1, -0.05) is 97.1 Å². The monoisotopic (exact) mass is 621 g/mol. The van der Waals surface area contributed by atoms with Crippen LogP contribution >= 0.6 is 0 Å². The summed E-state index contributed by atoms with van der Waals surface area (Å²) in [5.74, 6) is 0.457. The third kappa shape index (κ3) is 7.88. The van der Waals surface area contributed by atoms with Crippen molar-refractivity contribution in [2.75, 3.05) is 26.4 Å². The Kier molecular flexibility index (Phi) is 11.3. The maximum Gasteiger partial charge on any atom is 0.266 e. The number of aliphatic imine (C=N–C) groups is 1. The molecule has 5 rings (SSSR count). The summed E-state index contributed by atoms with van der Waals surface area (Å²) in [6, 6.07) is 34.2. The van der Waals surface area contributed by atoms with E-state index >= 15 is 0 Å². The number of hydrazine groups is 1. The van der Waals surface area contributed by atoms with Gasteiger partial charge in [-0.3, -0.25) is 10.2 Å². The molecule has 0 bridgehead atoms. The lowest BCUT2D eigenvalue weighted by Gasteiger charge is -2.30. The molecule has 0 aliphatic carbocycles. The predicted molar refractivity (Wildman–Crippen MR) is 178 cm³/mol. The third-order valence-corrected chi connectivity index (χ3v) is 7.72. The van der Waals surface area contributed by atoms with Crippen molar-refractivity contribution < 1.29 is 29.6 Å². The van der Waals surface area contributed by atoms with E-state index < -0.39 is 23.6 Å². The third-order valence-electron chi connectivity index (χ3n) is 7.72. The van der Waals surface area contributed by atoms with Gasteiger partial charge in [0.1, 0.15) is 5.75 Å². The number of ether oxygens (including phenoxy) is 2. The first-order chi connectivity index (χ1) is 22.6. The minimum Gasteiger partial charge on any atom is -0.494 e. The number of benzene rings is 4. The molecule has 0 aromatic heterocycles.